The van der Waals surface area contributed by atoms with Crippen molar-refractivity contribution >= 4 is 29.1 Å². The Morgan fingerprint density at radius 1 is 1.08 bits per heavy atom. The summed E-state index contributed by atoms with van der Waals surface area (Å²) in [6.45, 7) is 4.10. The molecule has 9 nitrogen and oxygen atoms in total. The summed E-state index contributed by atoms with van der Waals surface area (Å²) in [5.74, 6) is 1.26. The summed E-state index contributed by atoms with van der Waals surface area (Å²) in [6, 6.07) is 20.0. The van der Waals surface area contributed by atoms with E-state index >= 15 is 0 Å². The third kappa shape index (κ3) is 4.99. The zero-order valence-corrected chi connectivity index (χ0v) is 21.3. The summed E-state index contributed by atoms with van der Waals surface area (Å²) < 4.78 is 13.3. The third-order valence-corrected chi connectivity index (χ3v) is 6.37. The van der Waals surface area contributed by atoms with Crippen LogP contribution in [0.25, 0.3) is 0 Å². The monoisotopic (exact) mass is 516 g/mol. The first-order valence-electron chi connectivity index (χ1n) is 11.6. The van der Waals surface area contributed by atoms with Gasteiger partial charge in [0, 0.05) is 16.4 Å². The number of carbonyl (C=O) groups is 1. The predicted octanol–water partition coefficient (Wildman–Crippen LogP) is 5.15. The molecule has 10 heteroatoms. The first kappa shape index (κ1) is 24.3. The van der Waals surface area contributed by atoms with Crippen molar-refractivity contribution in [3.63, 3.8) is 0 Å². The Morgan fingerprint density at radius 2 is 1.92 bits per heavy atom. The van der Waals surface area contributed by atoms with E-state index in [-0.39, 0.29) is 5.91 Å². The number of methoxy groups -OCH3 is 1. The molecule has 2 N–H and O–H groups in total. The van der Waals surface area contributed by atoms with Gasteiger partial charge in [-0.2, -0.15) is 4.68 Å². The number of aromatic nitrogens is 4. The number of rotatable bonds is 7. The van der Waals surface area contributed by atoms with Crippen molar-refractivity contribution in [1.29, 1.82) is 0 Å². The van der Waals surface area contributed by atoms with Crippen LogP contribution in [0.3, 0.4) is 0 Å². The number of carbonyl (C=O) groups excluding carboxylic acids is 1. The van der Waals surface area contributed by atoms with Gasteiger partial charge in [-0.05, 0) is 71.3 Å². The Morgan fingerprint density at radius 3 is 2.70 bits per heavy atom. The highest BCUT2D eigenvalue weighted by molar-refractivity contribution is 6.30. The number of tetrazole rings is 1. The molecule has 0 saturated carbocycles. The minimum Gasteiger partial charge on any atom is -0.493 e. The molecule has 0 spiro atoms. The van der Waals surface area contributed by atoms with Gasteiger partial charge < -0.3 is 20.1 Å². The maximum absolute atomic E-state index is 13.6. The van der Waals surface area contributed by atoms with Gasteiger partial charge in [0.15, 0.2) is 11.5 Å². The molecule has 1 aromatic heterocycles. The minimum atomic E-state index is -0.592. The molecule has 0 saturated heterocycles. The van der Waals surface area contributed by atoms with E-state index in [9.17, 15) is 4.79 Å². The molecule has 1 aliphatic rings. The number of halogens is 1. The van der Waals surface area contributed by atoms with Crippen molar-refractivity contribution in [3.05, 3.63) is 99.7 Å². The van der Waals surface area contributed by atoms with Crippen molar-refractivity contribution < 1.29 is 14.3 Å². The molecule has 0 bridgehead atoms. The van der Waals surface area contributed by atoms with E-state index in [0.717, 1.165) is 22.4 Å². The van der Waals surface area contributed by atoms with Gasteiger partial charge >= 0.3 is 0 Å². The average molecular weight is 517 g/mol. The lowest BCUT2D eigenvalue weighted by atomic mass is 9.94. The molecule has 0 aliphatic carbocycles. The fraction of sp³-hybridized carbons (Fsp3) is 0.185. The average Bonchev–Trinajstić information content (AvgIpc) is 3.36. The highest BCUT2D eigenvalue weighted by atomic mass is 35.5. The number of allylic oxidation sites excluding steroid dienone is 1. The molecule has 5 rings (SSSR count). The first-order valence-corrected chi connectivity index (χ1v) is 12.0. The number of nitrogens with one attached hydrogen (secondary N) is 2. The summed E-state index contributed by atoms with van der Waals surface area (Å²) >= 11 is 6.09. The van der Waals surface area contributed by atoms with Crippen LogP contribution >= 0.6 is 11.6 Å². The number of para-hydroxylation sites is 1. The number of hydrogen-bond acceptors (Lipinski definition) is 7. The summed E-state index contributed by atoms with van der Waals surface area (Å²) in [5, 5.41) is 18.8. The first-order chi connectivity index (χ1) is 17.9. The topological polar surface area (TPSA) is 103 Å². The van der Waals surface area contributed by atoms with E-state index in [1.54, 1.807) is 11.8 Å². The molecule has 2 heterocycles. The molecule has 1 aliphatic heterocycles. The Labute approximate surface area is 219 Å². The normalized spacial score (nSPS) is 14.5. The highest BCUT2D eigenvalue weighted by Crippen LogP contribution is 2.39. The third-order valence-electron chi connectivity index (χ3n) is 6.14. The van der Waals surface area contributed by atoms with E-state index in [4.69, 9.17) is 21.1 Å². The van der Waals surface area contributed by atoms with Gasteiger partial charge in [0.2, 0.25) is 5.95 Å². The zero-order valence-electron chi connectivity index (χ0n) is 20.5. The second-order valence-electron chi connectivity index (χ2n) is 8.61. The van der Waals surface area contributed by atoms with Crippen LogP contribution in [0, 0.1) is 6.92 Å². The van der Waals surface area contributed by atoms with Crippen molar-refractivity contribution in [2.24, 2.45) is 0 Å². The molecule has 0 fully saturated rings. The Bertz CT molecular complexity index is 1500. The Balaban J connectivity index is 1.48. The summed E-state index contributed by atoms with van der Waals surface area (Å²) in [7, 11) is 1.57. The highest BCUT2D eigenvalue weighted by Gasteiger charge is 2.34. The lowest BCUT2D eigenvalue weighted by Gasteiger charge is -2.28. The van der Waals surface area contributed by atoms with Crippen molar-refractivity contribution in [2.75, 3.05) is 17.7 Å². The maximum atomic E-state index is 13.6. The molecule has 1 unspecified atom stereocenters. The van der Waals surface area contributed by atoms with Gasteiger partial charge in [-0.15, -0.1) is 0 Å². The SMILES string of the molecule is COc1cc(C2C(C(=O)Nc3ccccc3C)=C(C)Nc3nnnn32)ccc1OCc1cccc(Cl)c1. The van der Waals surface area contributed by atoms with Crippen LogP contribution in [-0.4, -0.2) is 33.2 Å². The minimum absolute atomic E-state index is 0.259. The number of anilines is 2. The summed E-state index contributed by atoms with van der Waals surface area (Å²) in [4.78, 5) is 13.6. The van der Waals surface area contributed by atoms with Crippen molar-refractivity contribution in [1.82, 2.24) is 20.2 Å². The fourth-order valence-corrected chi connectivity index (χ4v) is 4.49. The number of hydrogen-bond donors (Lipinski definition) is 2. The van der Waals surface area contributed by atoms with Crippen LogP contribution in [0.2, 0.25) is 5.02 Å². The second-order valence-corrected chi connectivity index (χ2v) is 9.05. The number of amides is 1. The molecular weight excluding hydrogens is 492 g/mol. The van der Waals surface area contributed by atoms with Crippen LogP contribution < -0.4 is 20.1 Å². The summed E-state index contributed by atoms with van der Waals surface area (Å²) in [5.41, 5.74) is 4.52. The van der Waals surface area contributed by atoms with Crippen LogP contribution in [0.4, 0.5) is 11.6 Å². The van der Waals surface area contributed by atoms with Crippen LogP contribution in [0.15, 0.2) is 78.0 Å². The van der Waals surface area contributed by atoms with E-state index in [1.165, 1.54) is 0 Å². The number of nitrogens with zero attached hydrogens (tertiary/aromatic N) is 4. The lowest BCUT2D eigenvalue weighted by Crippen LogP contribution is -2.31. The van der Waals surface area contributed by atoms with Crippen molar-refractivity contribution in [2.45, 2.75) is 26.5 Å². The molecule has 3 aromatic carbocycles. The molecule has 1 amide bonds. The number of benzene rings is 3. The van der Waals surface area contributed by atoms with Gasteiger partial charge in [0.25, 0.3) is 5.91 Å². The number of fused-ring (bicyclic) bond motifs is 1. The van der Waals surface area contributed by atoms with E-state index < -0.39 is 6.04 Å². The smallest absolute Gasteiger partial charge is 0.255 e. The van der Waals surface area contributed by atoms with Crippen LogP contribution in [0.5, 0.6) is 11.5 Å². The Kier molecular flexibility index (Phi) is 6.78. The number of aryl methyl sites for hydroxylation is 1. The predicted molar refractivity (Wildman–Crippen MR) is 141 cm³/mol. The maximum Gasteiger partial charge on any atom is 0.255 e. The summed E-state index contributed by atoms with van der Waals surface area (Å²) in [6.07, 6.45) is 0. The van der Waals surface area contributed by atoms with E-state index in [2.05, 4.69) is 26.2 Å². The van der Waals surface area contributed by atoms with Gasteiger partial charge in [-0.25, -0.2) is 0 Å². The zero-order chi connectivity index (χ0) is 25.9. The van der Waals surface area contributed by atoms with Gasteiger partial charge in [0.1, 0.15) is 12.6 Å². The molecule has 0 radical (unpaired) electrons. The molecule has 1 atom stereocenters. The molecule has 4 aromatic rings. The van der Waals surface area contributed by atoms with Crippen LogP contribution in [0.1, 0.15) is 29.7 Å². The van der Waals surface area contributed by atoms with E-state index in [1.807, 2.05) is 80.6 Å². The number of ether oxygens (including phenoxy) is 2. The van der Waals surface area contributed by atoms with Gasteiger partial charge in [-0.3, -0.25) is 4.79 Å². The van der Waals surface area contributed by atoms with Crippen molar-refractivity contribution in [3.8, 4) is 11.5 Å². The van der Waals surface area contributed by atoms with Gasteiger partial charge in [-0.1, -0.05) is 53.1 Å². The lowest BCUT2D eigenvalue weighted by molar-refractivity contribution is -0.113. The largest absolute Gasteiger partial charge is 0.493 e. The van der Waals surface area contributed by atoms with E-state index in [0.29, 0.717) is 40.3 Å². The van der Waals surface area contributed by atoms with Crippen LogP contribution in [-0.2, 0) is 11.4 Å². The standard InChI is InChI=1S/C27H25ClN6O3/c1-16-7-4-5-10-21(16)30-26(35)24-17(2)29-27-31-32-33-34(27)25(24)19-11-12-22(23(14-19)36-3)37-15-18-8-6-9-20(28)13-18/h4-14,25H,15H2,1-3H3,(H,30,35)(H,29,31,33). The second kappa shape index (κ2) is 10.3. The fourth-order valence-electron chi connectivity index (χ4n) is 4.28. The molecular formula is C27H25ClN6O3. The quantitative estimate of drug-likeness (QED) is 0.350. The van der Waals surface area contributed by atoms with Gasteiger partial charge in [0.05, 0.1) is 12.7 Å². The molecule has 188 valence electrons. The Hall–Kier alpha value is -4.37. The molecule has 37 heavy (non-hydrogen) atoms.